The minimum atomic E-state index is -1.01. The van der Waals surface area contributed by atoms with E-state index in [-0.39, 0.29) is 64.5 Å². The van der Waals surface area contributed by atoms with Crippen molar-refractivity contribution in [1.82, 2.24) is 20.4 Å². The molecular formula is C69H78N6O10. The number of rotatable bonds is 28. The molecule has 8 atom stereocenters. The van der Waals surface area contributed by atoms with Crippen LogP contribution in [0.5, 0.6) is 0 Å². The molecule has 9 rings (SSSR count). The second-order valence-electron chi connectivity index (χ2n) is 21.4. The summed E-state index contributed by atoms with van der Waals surface area (Å²) in [6.45, 7) is 7.83. The molecule has 0 spiro atoms. The first-order chi connectivity index (χ1) is 41.6. The summed E-state index contributed by atoms with van der Waals surface area (Å²) in [5, 5.41) is 12.0. The highest BCUT2D eigenvalue weighted by atomic mass is 16.6. The number of nitrogens with one attached hydrogen (secondary N) is 4. The monoisotopic (exact) mass is 1150 g/mol. The van der Waals surface area contributed by atoms with Gasteiger partial charge in [0.2, 0.25) is 0 Å². The molecule has 7 aromatic rings. The molecular weight excluding hydrogens is 1070 g/mol. The minimum absolute atomic E-state index is 0.0137. The zero-order valence-electron chi connectivity index (χ0n) is 48.6. The van der Waals surface area contributed by atoms with Crippen molar-refractivity contribution in [3.05, 3.63) is 239 Å². The van der Waals surface area contributed by atoms with Crippen LogP contribution in [0.3, 0.4) is 0 Å². The fourth-order valence-electron chi connectivity index (χ4n) is 10.8. The summed E-state index contributed by atoms with van der Waals surface area (Å²) in [6.07, 6.45) is -3.94. The molecule has 0 bridgehead atoms. The van der Waals surface area contributed by atoms with Gasteiger partial charge in [0, 0.05) is 37.6 Å². The Kier molecular flexibility index (Phi) is 22.8. The molecule has 0 saturated carbocycles. The molecule has 2 saturated heterocycles. The van der Waals surface area contributed by atoms with Gasteiger partial charge in [0.15, 0.2) is 12.2 Å². The van der Waals surface area contributed by atoms with Crippen LogP contribution in [0.25, 0.3) is 0 Å². The molecule has 0 radical (unpaired) electrons. The molecule has 85 heavy (non-hydrogen) atoms. The van der Waals surface area contributed by atoms with Gasteiger partial charge in [0.1, 0.15) is 24.4 Å². The molecule has 4 N–H and O–H groups in total. The Balaban J connectivity index is 0.909. The van der Waals surface area contributed by atoms with Gasteiger partial charge >= 0.3 is 12.1 Å². The summed E-state index contributed by atoms with van der Waals surface area (Å²) in [5.74, 6) is -0.515. The first-order valence-electron chi connectivity index (χ1n) is 29.4. The Morgan fingerprint density at radius 1 is 0.400 bits per heavy atom. The lowest BCUT2D eigenvalue weighted by atomic mass is 9.91. The quantitative estimate of drug-likeness (QED) is 0.0369. The highest BCUT2D eigenvalue weighted by Crippen LogP contribution is 2.32. The predicted octanol–water partition coefficient (Wildman–Crippen LogP) is 11.0. The van der Waals surface area contributed by atoms with Gasteiger partial charge < -0.3 is 59.5 Å². The topological polar surface area (TPSA) is 178 Å². The van der Waals surface area contributed by atoms with Crippen LogP contribution in [-0.4, -0.2) is 109 Å². The predicted molar refractivity (Wildman–Crippen MR) is 327 cm³/mol. The van der Waals surface area contributed by atoms with Crippen LogP contribution in [-0.2, 0) is 77.7 Å². The van der Waals surface area contributed by atoms with Gasteiger partial charge in [-0.2, -0.15) is 0 Å². The van der Waals surface area contributed by atoms with Gasteiger partial charge in [-0.25, -0.2) is 9.59 Å². The Morgan fingerprint density at radius 3 is 1.04 bits per heavy atom. The SMILES string of the molecule is CCCN1C(=O)[C@H](OCc2ccccc2)[C@@H](OCc2ccccc2)[C@H](OCc2ccccc2)[C@H]1CNC(=O)Nc1ccc(C)c(NC(=O)NC[C@@H]2[C@@H](OCc3ccccc3)[C@H](OCc3ccccc3)[C@@H](OCc3ccccc3)C(=O)N2CCC)c1. The zero-order chi connectivity index (χ0) is 59.2. The molecule has 7 aromatic carbocycles. The Hall–Kier alpha value is -8.22. The molecule has 2 aliphatic heterocycles. The van der Waals surface area contributed by atoms with Crippen LogP contribution in [0.2, 0.25) is 0 Å². The number of nitrogens with zero attached hydrogens (tertiary/aromatic N) is 2. The second-order valence-corrected chi connectivity index (χ2v) is 21.4. The summed E-state index contributed by atoms with van der Waals surface area (Å²) < 4.78 is 40.2. The highest BCUT2D eigenvalue weighted by Gasteiger charge is 2.52. The van der Waals surface area contributed by atoms with E-state index >= 15 is 0 Å². The molecule has 6 amide bonds. The van der Waals surface area contributed by atoms with E-state index in [1.54, 1.807) is 28.0 Å². The Morgan fingerprint density at radius 2 is 0.706 bits per heavy atom. The number of aryl methyl sites for hydroxylation is 1. The minimum Gasteiger partial charge on any atom is -0.368 e. The van der Waals surface area contributed by atoms with Crippen molar-refractivity contribution in [3.8, 4) is 0 Å². The summed E-state index contributed by atoms with van der Waals surface area (Å²) in [4.78, 5) is 61.4. The number of carbonyl (C=O) groups is 4. The highest BCUT2D eigenvalue weighted by molar-refractivity contribution is 5.94. The van der Waals surface area contributed by atoms with Gasteiger partial charge in [-0.15, -0.1) is 0 Å². The molecule has 0 aromatic heterocycles. The van der Waals surface area contributed by atoms with E-state index in [2.05, 4.69) is 21.3 Å². The third-order valence-corrected chi connectivity index (χ3v) is 15.2. The molecule has 16 heteroatoms. The van der Waals surface area contributed by atoms with Crippen molar-refractivity contribution in [2.45, 2.75) is 122 Å². The zero-order valence-corrected chi connectivity index (χ0v) is 48.6. The summed E-state index contributed by atoms with van der Waals surface area (Å²) in [7, 11) is 0. The van der Waals surface area contributed by atoms with E-state index in [1.807, 2.05) is 203 Å². The van der Waals surface area contributed by atoms with E-state index in [0.29, 0.717) is 37.3 Å². The van der Waals surface area contributed by atoms with Crippen LogP contribution in [0.15, 0.2) is 200 Å². The normalized spacial score (nSPS) is 20.4. The maximum atomic E-state index is 14.8. The number of amides is 6. The van der Waals surface area contributed by atoms with Crippen molar-refractivity contribution >= 4 is 35.3 Å². The van der Waals surface area contributed by atoms with Crippen LogP contribution in [0.4, 0.5) is 21.0 Å². The number of benzene rings is 7. The van der Waals surface area contributed by atoms with Gasteiger partial charge in [0.05, 0.1) is 51.7 Å². The number of urea groups is 2. The van der Waals surface area contributed by atoms with Crippen molar-refractivity contribution in [2.75, 3.05) is 36.8 Å². The van der Waals surface area contributed by atoms with Crippen LogP contribution < -0.4 is 21.3 Å². The fourth-order valence-corrected chi connectivity index (χ4v) is 10.8. The second kappa shape index (κ2) is 31.6. The lowest BCUT2D eigenvalue weighted by Crippen LogP contribution is -2.68. The maximum Gasteiger partial charge on any atom is 0.319 e. The maximum absolute atomic E-state index is 14.8. The Labute approximate surface area is 499 Å². The molecule has 2 fully saturated rings. The Bertz CT molecular complexity index is 3170. The molecule has 0 unspecified atom stereocenters. The first kappa shape index (κ1) is 61.3. The third kappa shape index (κ3) is 17.2. The number of hydrogen-bond acceptors (Lipinski definition) is 10. The van der Waals surface area contributed by atoms with Gasteiger partial charge in [-0.05, 0) is 70.8 Å². The summed E-state index contributed by atoms with van der Waals surface area (Å²) >= 11 is 0. The number of piperidine rings is 2. The van der Waals surface area contributed by atoms with Crippen molar-refractivity contribution in [3.63, 3.8) is 0 Å². The van der Waals surface area contributed by atoms with E-state index in [4.69, 9.17) is 28.4 Å². The lowest BCUT2D eigenvalue weighted by Gasteiger charge is -2.48. The van der Waals surface area contributed by atoms with E-state index < -0.39 is 60.8 Å². The smallest absolute Gasteiger partial charge is 0.319 e. The van der Waals surface area contributed by atoms with E-state index in [0.717, 1.165) is 38.9 Å². The van der Waals surface area contributed by atoms with E-state index in [1.165, 1.54) is 0 Å². The number of ether oxygens (including phenoxy) is 6. The average Bonchev–Trinajstić information content (AvgIpc) is 2.32. The van der Waals surface area contributed by atoms with Crippen LogP contribution in [0.1, 0.15) is 65.6 Å². The van der Waals surface area contributed by atoms with Crippen molar-refractivity contribution in [2.24, 2.45) is 0 Å². The molecule has 16 nitrogen and oxygen atoms in total. The average molecular weight is 1150 g/mol. The number of hydrogen-bond donors (Lipinski definition) is 4. The van der Waals surface area contributed by atoms with E-state index in [9.17, 15) is 19.2 Å². The third-order valence-electron chi connectivity index (χ3n) is 15.2. The van der Waals surface area contributed by atoms with Gasteiger partial charge in [-0.3, -0.25) is 9.59 Å². The first-order valence-corrected chi connectivity index (χ1v) is 29.4. The van der Waals surface area contributed by atoms with Crippen LogP contribution in [0, 0.1) is 6.92 Å². The van der Waals surface area contributed by atoms with Gasteiger partial charge in [0.25, 0.3) is 11.8 Å². The van der Waals surface area contributed by atoms with Gasteiger partial charge in [-0.1, -0.05) is 202 Å². The fraction of sp³-hybridized carbons (Fsp3) is 0.333. The summed E-state index contributed by atoms with van der Waals surface area (Å²) in [5.41, 5.74) is 7.10. The molecule has 2 aliphatic rings. The van der Waals surface area contributed by atoms with Crippen LogP contribution >= 0.6 is 0 Å². The number of carbonyl (C=O) groups excluding carboxylic acids is 4. The number of likely N-dealkylation sites (tertiary alicyclic amines) is 2. The van der Waals surface area contributed by atoms with Crippen molar-refractivity contribution < 1.29 is 47.6 Å². The summed E-state index contributed by atoms with van der Waals surface area (Å²) in [6, 6.07) is 61.3. The number of anilines is 2. The largest absolute Gasteiger partial charge is 0.368 e. The molecule has 0 aliphatic carbocycles. The molecule has 444 valence electrons. The standard InChI is InChI=1S/C69H78N6O10/c1-4-38-74-58(60(80-43-50-24-12-6-13-25-50)62(82-45-52-28-16-8-17-29-52)64(66(74)76)84-47-54-32-20-10-21-33-54)41-70-68(78)72-56-37-36-49(3)57(40-56)73-69(79)71-42-59-61(81-44-51-26-14-7-15-27-51)63(83-46-53-30-18-9-19-31-53)65(67(77)75(59)39-5-2)85-48-55-34-22-11-23-35-55/h6-37,40,58-65H,4-5,38-39,41-48H2,1-3H3,(H2,70,72,78)(H2,71,73,79)/t58-,59-,60-,61-,62+,63+,64-,65-/m1/s1. The lowest BCUT2D eigenvalue weighted by molar-refractivity contribution is -0.208. The molecule has 2 heterocycles. The van der Waals surface area contributed by atoms with Crippen molar-refractivity contribution in [1.29, 1.82) is 0 Å².